The lowest BCUT2D eigenvalue weighted by Gasteiger charge is -2.32. The molecule has 1 rings (SSSR count). The van der Waals surface area contributed by atoms with Gasteiger partial charge in [0.05, 0.1) is 6.54 Å². The van der Waals surface area contributed by atoms with E-state index in [2.05, 4.69) is 36.4 Å². The molecule has 1 saturated carbocycles. The fourth-order valence-electron chi connectivity index (χ4n) is 2.93. The Bertz CT molecular complexity index is 364. The van der Waals surface area contributed by atoms with Gasteiger partial charge in [0.25, 0.3) is 0 Å². The molecule has 0 aromatic carbocycles. The summed E-state index contributed by atoms with van der Waals surface area (Å²) in [7, 11) is 3.56. The average molecular weight is 438 g/mol. The number of hydrogen-bond acceptors (Lipinski definition) is 2. The molecule has 1 fully saturated rings. The van der Waals surface area contributed by atoms with Crippen LogP contribution in [0, 0.1) is 11.8 Å². The van der Waals surface area contributed by atoms with Crippen molar-refractivity contribution in [3.63, 3.8) is 0 Å². The van der Waals surface area contributed by atoms with Crippen molar-refractivity contribution in [1.29, 1.82) is 0 Å². The molecule has 5 nitrogen and oxygen atoms in total. The molecule has 6 heteroatoms. The molecule has 1 aliphatic rings. The van der Waals surface area contributed by atoms with E-state index in [1.54, 1.807) is 19.0 Å². The first-order chi connectivity index (χ1) is 10.4. The lowest BCUT2D eigenvalue weighted by molar-refractivity contribution is -0.128. The molecule has 0 bridgehead atoms. The molecule has 1 amide bonds. The summed E-state index contributed by atoms with van der Waals surface area (Å²) in [4.78, 5) is 17.7. The van der Waals surface area contributed by atoms with Gasteiger partial charge in [0.15, 0.2) is 5.96 Å². The van der Waals surface area contributed by atoms with Gasteiger partial charge in [0.1, 0.15) is 0 Å². The SMILES string of the molecule is CCNC(=NCCC(=O)N(C)C)NC1CCC(C(C)C)CC1.I. The quantitative estimate of drug-likeness (QED) is 0.381. The maximum atomic E-state index is 11.6. The molecule has 0 aliphatic heterocycles. The third kappa shape index (κ3) is 8.77. The number of halogens is 1. The summed E-state index contributed by atoms with van der Waals surface area (Å²) < 4.78 is 0. The number of nitrogens with one attached hydrogen (secondary N) is 2. The summed E-state index contributed by atoms with van der Waals surface area (Å²) in [5.41, 5.74) is 0. The number of carbonyl (C=O) groups excluding carboxylic acids is 1. The van der Waals surface area contributed by atoms with Crippen molar-refractivity contribution in [1.82, 2.24) is 15.5 Å². The molecular formula is C17H35IN4O. The molecule has 0 radical (unpaired) electrons. The highest BCUT2D eigenvalue weighted by Crippen LogP contribution is 2.29. The Morgan fingerprint density at radius 2 is 1.83 bits per heavy atom. The summed E-state index contributed by atoms with van der Waals surface area (Å²) in [5, 5.41) is 6.81. The van der Waals surface area contributed by atoms with Gasteiger partial charge in [-0.15, -0.1) is 24.0 Å². The van der Waals surface area contributed by atoms with Gasteiger partial charge in [0, 0.05) is 33.1 Å². The van der Waals surface area contributed by atoms with Gasteiger partial charge in [-0.3, -0.25) is 9.79 Å². The number of carbonyl (C=O) groups is 1. The van der Waals surface area contributed by atoms with Gasteiger partial charge in [-0.1, -0.05) is 13.8 Å². The zero-order valence-electron chi connectivity index (χ0n) is 15.4. The van der Waals surface area contributed by atoms with E-state index in [0.717, 1.165) is 24.3 Å². The van der Waals surface area contributed by atoms with Crippen LogP contribution in [0.5, 0.6) is 0 Å². The molecule has 0 heterocycles. The summed E-state index contributed by atoms with van der Waals surface area (Å²) in [6.07, 6.45) is 5.49. The highest BCUT2D eigenvalue weighted by Gasteiger charge is 2.23. The average Bonchev–Trinajstić information content (AvgIpc) is 2.47. The van der Waals surface area contributed by atoms with Crippen molar-refractivity contribution in [3.05, 3.63) is 0 Å². The number of rotatable bonds is 6. The Labute approximate surface area is 159 Å². The molecule has 0 aromatic heterocycles. The number of amides is 1. The molecule has 0 spiro atoms. The first-order valence-corrected chi connectivity index (χ1v) is 8.69. The van der Waals surface area contributed by atoms with Crippen LogP contribution in [0.3, 0.4) is 0 Å². The smallest absolute Gasteiger partial charge is 0.223 e. The molecule has 1 aliphatic carbocycles. The van der Waals surface area contributed by atoms with Crippen molar-refractivity contribution < 1.29 is 4.79 Å². The molecular weight excluding hydrogens is 403 g/mol. The Hall–Kier alpha value is -0.530. The van der Waals surface area contributed by atoms with Crippen molar-refractivity contribution in [2.75, 3.05) is 27.2 Å². The Morgan fingerprint density at radius 1 is 1.22 bits per heavy atom. The minimum atomic E-state index is 0. The largest absolute Gasteiger partial charge is 0.357 e. The molecule has 0 atom stereocenters. The normalized spacial score (nSPS) is 21.6. The third-order valence-electron chi connectivity index (χ3n) is 4.49. The summed E-state index contributed by atoms with van der Waals surface area (Å²) in [6.45, 7) is 8.09. The maximum Gasteiger partial charge on any atom is 0.223 e. The van der Waals surface area contributed by atoms with Gasteiger partial charge in [0.2, 0.25) is 5.91 Å². The molecule has 2 N–H and O–H groups in total. The van der Waals surface area contributed by atoms with Crippen LogP contribution in [-0.4, -0.2) is 50.0 Å². The lowest BCUT2D eigenvalue weighted by Crippen LogP contribution is -2.45. The molecule has 23 heavy (non-hydrogen) atoms. The van der Waals surface area contributed by atoms with E-state index in [9.17, 15) is 4.79 Å². The van der Waals surface area contributed by atoms with E-state index in [-0.39, 0.29) is 29.9 Å². The molecule has 0 unspecified atom stereocenters. The van der Waals surface area contributed by atoms with Crippen LogP contribution in [0.2, 0.25) is 0 Å². The van der Waals surface area contributed by atoms with Crippen LogP contribution in [0.25, 0.3) is 0 Å². The van der Waals surface area contributed by atoms with E-state index in [0.29, 0.717) is 19.0 Å². The fraction of sp³-hybridized carbons (Fsp3) is 0.882. The standard InChI is InChI=1S/C17H34N4O.HI/c1-6-18-17(19-12-11-16(22)21(4)5)20-15-9-7-14(8-10-15)13(2)3;/h13-15H,6-12H2,1-5H3,(H2,18,19,20);1H. The predicted octanol–water partition coefficient (Wildman–Crippen LogP) is 2.85. The number of guanidine groups is 1. The zero-order chi connectivity index (χ0) is 16.5. The highest BCUT2D eigenvalue weighted by molar-refractivity contribution is 14.0. The van der Waals surface area contributed by atoms with Crippen molar-refractivity contribution in [3.8, 4) is 0 Å². The number of hydrogen-bond donors (Lipinski definition) is 2. The maximum absolute atomic E-state index is 11.6. The zero-order valence-corrected chi connectivity index (χ0v) is 17.7. The first-order valence-electron chi connectivity index (χ1n) is 8.69. The van der Waals surface area contributed by atoms with Gasteiger partial charge in [-0.25, -0.2) is 0 Å². The first kappa shape index (κ1) is 22.5. The fourth-order valence-corrected chi connectivity index (χ4v) is 2.93. The van der Waals surface area contributed by atoms with Crippen LogP contribution in [0.4, 0.5) is 0 Å². The number of aliphatic imine (C=N–C) groups is 1. The van der Waals surface area contributed by atoms with Gasteiger partial charge in [-0.05, 0) is 44.4 Å². The monoisotopic (exact) mass is 438 g/mol. The summed E-state index contributed by atoms with van der Waals surface area (Å²) in [6, 6.07) is 0.511. The number of nitrogens with zero attached hydrogens (tertiary/aromatic N) is 2. The molecule has 0 saturated heterocycles. The lowest BCUT2D eigenvalue weighted by atomic mass is 9.80. The Kier molecular flexibility index (Phi) is 11.6. The third-order valence-corrected chi connectivity index (χ3v) is 4.49. The van der Waals surface area contributed by atoms with Crippen molar-refractivity contribution >= 4 is 35.8 Å². The van der Waals surface area contributed by atoms with Crippen LogP contribution < -0.4 is 10.6 Å². The van der Waals surface area contributed by atoms with E-state index in [1.165, 1.54) is 25.7 Å². The Balaban J connectivity index is 0.00000484. The topological polar surface area (TPSA) is 56.7 Å². The van der Waals surface area contributed by atoms with Gasteiger partial charge >= 0.3 is 0 Å². The van der Waals surface area contributed by atoms with Crippen LogP contribution in [0.15, 0.2) is 4.99 Å². The Morgan fingerprint density at radius 3 is 2.30 bits per heavy atom. The minimum Gasteiger partial charge on any atom is -0.357 e. The van der Waals surface area contributed by atoms with Crippen molar-refractivity contribution in [2.24, 2.45) is 16.8 Å². The van der Waals surface area contributed by atoms with Crippen LogP contribution in [-0.2, 0) is 4.79 Å². The van der Waals surface area contributed by atoms with E-state index < -0.39 is 0 Å². The second-order valence-corrected chi connectivity index (χ2v) is 6.80. The van der Waals surface area contributed by atoms with Crippen molar-refractivity contribution in [2.45, 2.75) is 58.9 Å². The van der Waals surface area contributed by atoms with Crippen LogP contribution >= 0.6 is 24.0 Å². The predicted molar refractivity (Wildman–Crippen MR) is 108 cm³/mol. The van der Waals surface area contributed by atoms with Gasteiger partial charge < -0.3 is 15.5 Å². The van der Waals surface area contributed by atoms with Gasteiger partial charge in [-0.2, -0.15) is 0 Å². The van der Waals surface area contributed by atoms with E-state index >= 15 is 0 Å². The second kappa shape index (κ2) is 11.9. The molecule has 0 aromatic rings. The van der Waals surface area contributed by atoms with Crippen LogP contribution in [0.1, 0.15) is 52.9 Å². The molecule has 136 valence electrons. The van der Waals surface area contributed by atoms with E-state index in [1.807, 2.05) is 0 Å². The minimum absolute atomic E-state index is 0. The highest BCUT2D eigenvalue weighted by atomic mass is 127. The second-order valence-electron chi connectivity index (χ2n) is 6.80. The summed E-state index contributed by atoms with van der Waals surface area (Å²) >= 11 is 0. The van der Waals surface area contributed by atoms with E-state index in [4.69, 9.17) is 0 Å². The summed E-state index contributed by atoms with van der Waals surface area (Å²) in [5.74, 6) is 2.63.